The molecule has 0 amide bonds. The maximum absolute atomic E-state index is 11.2. The van der Waals surface area contributed by atoms with Crippen molar-refractivity contribution in [1.82, 2.24) is 0 Å². The Hall–Kier alpha value is -2.68. The maximum Gasteiger partial charge on any atom is 0.277 e. The van der Waals surface area contributed by atoms with Gasteiger partial charge in [-0.3, -0.25) is 10.1 Å². The molecule has 0 aromatic heterocycles. The van der Waals surface area contributed by atoms with Crippen LogP contribution in [0.15, 0.2) is 66.7 Å². The van der Waals surface area contributed by atoms with Gasteiger partial charge in [-0.05, 0) is 22.4 Å². The smallest absolute Gasteiger partial charge is 0.258 e. The second kappa shape index (κ2) is 4.53. The summed E-state index contributed by atoms with van der Waals surface area (Å²) in [5, 5.41) is 13.2. The normalized spacial score (nSPS) is 10.5. The van der Waals surface area contributed by atoms with E-state index in [0.29, 0.717) is 5.56 Å². The number of fused-ring (bicyclic) bond motifs is 1. The molecule has 0 bridgehead atoms. The molecule has 3 heteroatoms. The number of nitrogens with zero attached hydrogens (tertiary/aromatic N) is 1. The molecule has 0 spiro atoms. The van der Waals surface area contributed by atoms with Crippen LogP contribution in [0.2, 0.25) is 0 Å². The van der Waals surface area contributed by atoms with Crippen LogP contribution in [0.5, 0.6) is 0 Å². The Morgan fingerprint density at radius 2 is 1.47 bits per heavy atom. The standard InChI is InChI=1S/C16H11NO2/c18-17(19)15-11-10-12-6-4-5-9-14(12)16(15)13-7-2-1-3-8-13/h1-11H. The summed E-state index contributed by atoms with van der Waals surface area (Å²) in [5.74, 6) is 0. The van der Waals surface area contributed by atoms with Crippen molar-refractivity contribution in [3.63, 3.8) is 0 Å². The van der Waals surface area contributed by atoms with Crippen molar-refractivity contribution in [2.24, 2.45) is 0 Å². The van der Waals surface area contributed by atoms with E-state index >= 15 is 0 Å². The van der Waals surface area contributed by atoms with Gasteiger partial charge in [0.25, 0.3) is 5.69 Å². The van der Waals surface area contributed by atoms with Crippen molar-refractivity contribution in [3.8, 4) is 11.1 Å². The van der Waals surface area contributed by atoms with Crippen LogP contribution in [0.3, 0.4) is 0 Å². The third kappa shape index (κ3) is 1.95. The number of nitro groups is 1. The van der Waals surface area contributed by atoms with Gasteiger partial charge in [0, 0.05) is 6.07 Å². The highest BCUT2D eigenvalue weighted by Gasteiger charge is 2.17. The highest BCUT2D eigenvalue weighted by atomic mass is 16.6. The van der Waals surface area contributed by atoms with Crippen LogP contribution in [-0.2, 0) is 0 Å². The van der Waals surface area contributed by atoms with Gasteiger partial charge in [0.2, 0.25) is 0 Å². The molecular formula is C16H11NO2. The third-order valence-electron chi connectivity index (χ3n) is 3.17. The van der Waals surface area contributed by atoms with Crippen LogP contribution in [-0.4, -0.2) is 4.92 Å². The van der Waals surface area contributed by atoms with Gasteiger partial charge >= 0.3 is 0 Å². The Labute approximate surface area is 110 Å². The molecule has 0 atom stereocenters. The first-order valence-electron chi connectivity index (χ1n) is 5.99. The minimum absolute atomic E-state index is 0.143. The molecule has 19 heavy (non-hydrogen) atoms. The number of nitro benzene ring substituents is 1. The minimum atomic E-state index is -0.325. The lowest BCUT2D eigenvalue weighted by Gasteiger charge is -2.07. The Balaban J connectivity index is 2.42. The van der Waals surface area contributed by atoms with E-state index in [-0.39, 0.29) is 10.6 Å². The van der Waals surface area contributed by atoms with Gasteiger partial charge in [-0.25, -0.2) is 0 Å². The molecule has 0 radical (unpaired) electrons. The molecule has 0 fully saturated rings. The highest BCUT2D eigenvalue weighted by Crippen LogP contribution is 2.36. The Bertz CT molecular complexity index is 751. The molecule has 0 aliphatic heterocycles. The number of hydrogen-bond donors (Lipinski definition) is 0. The van der Waals surface area contributed by atoms with E-state index < -0.39 is 0 Å². The number of hydrogen-bond acceptors (Lipinski definition) is 2. The van der Waals surface area contributed by atoms with E-state index in [4.69, 9.17) is 0 Å². The predicted octanol–water partition coefficient (Wildman–Crippen LogP) is 4.42. The van der Waals surface area contributed by atoms with Crippen molar-refractivity contribution in [1.29, 1.82) is 0 Å². The average molecular weight is 249 g/mol. The van der Waals surface area contributed by atoms with E-state index in [1.807, 2.05) is 54.6 Å². The van der Waals surface area contributed by atoms with Crippen LogP contribution in [0.25, 0.3) is 21.9 Å². The van der Waals surface area contributed by atoms with Crippen molar-refractivity contribution >= 4 is 16.5 Å². The summed E-state index contributed by atoms with van der Waals surface area (Å²) in [7, 11) is 0. The molecule has 3 rings (SSSR count). The van der Waals surface area contributed by atoms with E-state index in [1.165, 1.54) is 0 Å². The monoisotopic (exact) mass is 249 g/mol. The molecule has 0 saturated heterocycles. The van der Waals surface area contributed by atoms with Crippen LogP contribution < -0.4 is 0 Å². The Morgan fingerprint density at radius 1 is 0.789 bits per heavy atom. The fraction of sp³-hybridized carbons (Fsp3) is 0. The second-order valence-electron chi connectivity index (χ2n) is 4.30. The van der Waals surface area contributed by atoms with E-state index in [9.17, 15) is 10.1 Å². The van der Waals surface area contributed by atoms with Crippen LogP contribution in [0, 0.1) is 10.1 Å². The second-order valence-corrected chi connectivity index (χ2v) is 4.30. The van der Waals surface area contributed by atoms with Gasteiger partial charge in [0.1, 0.15) is 0 Å². The summed E-state index contributed by atoms with van der Waals surface area (Å²) in [6, 6.07) is 20.6. The summed E-state index contributed by atoms with van der Waals surface area (Å²) >= 11 is 0. The zero-order valence-electron chi connectivity index (χ0n) is 10.1. The first-order chi connectivity index (χ1) is 9.27. The lowest BCUT2D eigenvalue weighted by molar-refractivity contribution is -0.384. The maximum atomic E-state index is 11.2. The quantitative estimate of drug-likeness (QED) is 0.498. The zero-order chi connectivity index (χ0) is 13.2. The van der Waals surface area contributed by atoms with Gasteiger partial charge in [0.05, 0.1) is 10.5 Å². The van der Waals surface area contributed by atoms with E-state index in [1.54, 1.807) is 12.1 Å². The van der Waals surface area contributed by atoms with Gasteiger partial charge in [-0.15, -0.1) is 0 Å². The van der Waals surface area contributed by atoms with E-state index in [2.05, 4.69) is 0 Å². The summed E-state index contributed by atoms with van der Waals surface area (Å²) in [4.78, 5) is 10.9. The largest absolute Gasteiger partial charge is 0.277 e. The van der Waals surface area contributed by atoms with Crippen LogP contribution in [0.4, 0.5) is 5.69 Å². The summed E-state index contributed by atoms with van der Waals surface area (Å²) in [6.07, 6.45) is 0. The summed E-state index contributed by atoms with van der Waals surface area (Å²) < 4.78 is 0. The minimum Gasteiger partial charge on any atom is -0.258 e. The molecule has 0 N–H and O–H groups in total. The molecule has 0 aliphatic rings. The van der Waals surface area contributed by atoms with Gasteiger partial charge in [0.15, 0.2) is 0 Å². The van der Waals surface area contributed by atoms with Crippen molar-refractivity contribution < 1.29 is 4.92 Å². The molecule has 3 aromatic rings. The molecule has 0 saturated carbocycles. The van der Waals surface area contributed by atoms with Crippen molar-refractivity contribution in [2.45, 2.75) is 0 Å². The first kappa shape index (κ1) is 11.4. The molecule has 0 unspecified atom stereocenters. The molecule has 92 valence electrons. The first-order valence-corrected chi connectivity index (χ1v) is 5.99. The van der Waals surface area contributed by atoms with Gasteiger partial charge in [-0.1, -0.05) is 54.6 Å². The molecule has 0 heterocycles. The zero-order valence-corrected chi connectivity index (χ0v) is 10.1. The number of rotatable bonds is 2. The summed E-state index contributed by atoms with van der Waals surface area (Å²) in [6.45, 7) is 0. The molecule has 3 aromatic carbocycles. The highest BCUT2D eigenvalue weighted by molar-refractivity contribution is 6.01. The van der Waals surface area contributed by atoms with Crippen LogP contribution in [0.1, 0.15) is 0 Å². The van der Waals surface area contributed by atoms with Gasteiger partial charge < -0.3 is 0 Å². The fourth-order valence-corrected chi connectivity index (χ4v) is 2.32. The lowest BCUT2D eigenvalue weighted by atomic mass is 9.96. The predicted molar refractivity (Wildman–Crippen MR) is 76.0 cm³/mol. The third-order valence-corrected chi connectivity index (χ3v) is 3.17. The summed E-state index contributed by atoms with van der Waals surface area (Å²) in [5.41, 5.74) is 1.69. The van der Waals surface area contributed by atoms with Crippen molar-refractivity contribution in [2.75, 3.05) is 0 Å². The molecule has 3 nitrogen and oxygen atoms in total. The fourth-order valence-electron chi connectivity index (χ4n) is 2.32. The molecule has 0 aliphatic carbocycles. The Kier molecular flexibility index (Phi) is 2.72. The van der Waals surface area contributed by atoms with Crippen LogP contribution >= 0.6 is 0 Å². The average Bonchev–Trinajstić information content (AvgIpc) is 2.46. The number of benzene rings is 3. The SMILES string of the molecule is O=[N+]([O-])c1ccc2ccccc2c1-c1ccccc1. The van der Waals surface area contributed by atoms with Gasteiger partial charge in [-0.2, -0.15) is 0 Å². The van der Waals surface area contributed by atoms with Crippen molar-refractivity contribution in [3.05, 3.63) is 76.8 Å². The Morgan fingerprint density at radius 3 is 2.21 bits per heavy atom. The molecular weight excluding hydrogens is 238 g/mol. The lowest BCUT2D eigenvalue weighted by Crippen LogP contribution is -1.93. The van der Waals surface area contributed by atoms with E-state index in [0.717, 1.165) is 16.3 Å². The topological polar surface area (TPSA) is 43.1 Å².